The highest BCUT2D eigenvalue weighted by Crippen LogP contribution is 2.40. The molecule has 1 saturated carbocycles. The molecule has 7 aliphatic rings. The lowest BCUT2D eigenvalue weighted by Crippen LogP contribution is -2.61. The number of hydrogen-bond donors (Lipinski definition) is 7. The van der Waals surface area contributed by atoms with Crippen molar-refractivity contribution < 1.29 is 81.7 Å². The number of nitrogen functional groups attached to an aromatic ring is 2. The number of fused-ring (bicyclic) bond motifs is 6. The molecule has 5 aromatic heterocycles. The van der Waals surface area contributed by atoms with E-state index in [-0.39, 0.29) is 80.4 Å². The van der Waals surface area contributed by atoms with Gasteiger partial charge in [0.1, 0.15) is 53.8 Å². The number of nitrogens with two attached hydrogens (primary N) is 3. The van der Waals surface area contributed by atoms with Gasteiger partial charge in [-0.05, 0) is 160 Å². The zero-order valence-electron chi connectivity index (χ0n) is 77.5. The Balaban J connectivity index is 0.503. The van der Waals surface area contributed by atoms with Crippen molar-refractivity contribution in [1.29, 1.82) is 0 Å². The molecule has 4 saturated heterocycles. The predicted molar refractivity (Wildman–Crippen MR) is 496 cm³/mol. The Morgan fingerprint density at radius 3 is 2.24 bits per heavy atom. The van der Waals surface area contributed by atoms with E-state index in [2.05, 4.69) is 72.2 Å². The smallest absolute Gasteiger partial charge is 0.407 e. The number of anilines is 4. The number of nitrogens with zero attached hydrogens (tertiary/aromatic N) is 18. The summed E-state index contributed by atoms with van der Waals surface area (Å²) in [5, 5.41) is 47.6. The van der Waals surface area contributed by atoms with Crippen LogP contribution in [-0.4, -0.2) is 287 Å². The number of azide groups is 1. The number of allylic oxidation sites excluding steroid dienone is 5. The van der Waals surface area contributed by atoms with E-state index in [1.165, 1.54) is 13.4 Å². The van der Waals surface area contributed by atoms with E-state index in [1.807, 2.05) is 81.8 Å². The third-order valence-electron chi connectivity index (χ3n) is 27.3. The van der Waals surface area contributed by atoms with E-state index in [0.717, 1.165) is 45.8 Å². The summed E-state index contributed by atoms with van der Waals surface area (Å²) in [7, 11) is 3.07. The number of oxazole rings is 1. The van der Waals surface area contributed by atoms with Gasteiger partial charge in [0.25, 0.3) is 23.6 Å². The van der Waals surface area contributed by atoms with E-state index in [4.69, 9.17) is 55.1 Å². The fourth-order valence-corrected chi connectivity index (χ4v) is 19.3. The first kappa shape index (κ1) is 98.2. The zero-order valence-corrected chi connectivity index (χ0v) is 77.5. The summed E-state index contributed by atoms with van der Waals surface area (Å²) < 4.78 is 43.7. The monoisotopic (exact) mass is 1850 g/mol. The number of ether oxygens (including phenoxy) is 6. The van der Waals surface area contributed by atoms with Crippen molar-refractivity contribution >= 4 is 87.2 Å². The molecule has 39 heteroatoms. The van der Waals surface area contributed by atoms with E-state index in [0.29, 0.717) is 193 Å². The van der Waals surface area contributed by atoms with Gasteiger partial charge in [0, 0.05) is 170 Å². The summed E-state index contributed by atoms with van der Waals surface area (Å²) in [6, 6.07) is 8.65. The molecular formula is C95H126N22O17. The Hall–Kier alpha value is -11.8. The number of amides is 4. The molecule has 2 aromatic carbocycles. The first-order valence-electron chi connectivity index (χ1n) is 46.6. The van der Waals surface area contributed by atoms with Gasteiger partial charge in [0.15, 0.2) is 17.0 Å². The predicted octanol–water partition coefficient (Wildman–Crippen LogP) is 8.08. The molecule has 1 unspecified atom stereocenters. The summed E-state index contributed by atoms with van der Waals surface area (Å²) in [5.74, 6) is -7.43. The van der Waals surface area contributed by atoms with Gasteiger partial charge in [-0.25, -0.2) is 44.2 Å². The third kappa shape index (κ3) is 23.9. The number of cyclic esters (lactones) is 1. The molecule has 2 bridgehead atoms. The number of nitrogens with one attached hydrogen (secondary N) is 1. The molecule has 4 amide bonds. The number of piperidine rings is 1. The summed E-state index contributed by atoms with van der Waals surface area (Å²) >= 11 is 0. The maximum atomic E-state index is 14.9. The van der Waals surface area contributed by atoms with Gasteiger partial charge in [0.2, 0.25) is 23.6 Å². The number of aromatic nitrogens is 9. The molecule has 5 fully saturated rings. The number of benzene rings is 2. The van der Waals surface area contributed by atoms with E-state index >= 15 is 0 Å². The number of esters is 1. The summed E-state index contributed by atoms with van der Waals surface area (Å²) in [4.78, 5) is 145. The first-order valence-corrected chi connectivity index (χ1v) is 46.6. The van der Waals surface area contributed by atoms with Crippen LogP contribution in [0.25, 0.3) is 43.8 Å². The number of aliphatic hydroxyl groups is 3. The molecule has 6 aliphatic heterocycles. The Morgan fingerprint density at radius 1 is 0.754 bits per heavy atom. The molecular weight excluding hydrogens is 1720 g/mol. The quantitative estimate of drug-likeness (QED) is 0.00679. The maximum absolute atomic E-state index is 14.9. The average Bonchev–Trinajstić information content (AvgIpc) is 1.61. The molecule has 134 heavy (non-hydrogen) atoms. The van der Waals surface area contributed by atoms with Crippen LogP contribution in [0.5, 0.6) is 0 Å². The molecule has 16 atom stereocenters. The van der Waals surface area contributed by atoms with Crippen LogP contribution in [0.3, 0.4) is 0 Å². The Bertz CT molecular complexity index is 5480. The van der Waals surface area contributed by atoms with Crippen LogP contribution < -0.4 is 32.3 Å². The summed E-state index contributed by atoms with van der Waals surface area (Å²) in [6.45, 7) is 18.3. The first-order chi connectivity index (χ1) is 64.5. The fraction of sp³-hybridized carbons (Fsp3) is 0.568. The number of ketones is 2. The van der Waals surface area contributed by atoms with Crippen molar-refractivity contribution in [2.75, 3.05) is 121 Å². The van der Waals surface area contributed by atoms with Gasteiger partial charge in [0.05, 0.1) is 55.4 Å². The number of alkyl carbamates (subject to hydrolysis) is 1. The number of hydrogen-bond acceptors (Lipinski definition) is 32. The average molecular weight is 1850 g/mol. The van der Waals surface area contributed by atoms with Crippen LogP contribution in [0.15, 0.2) is 125 Å². The molecule has 7 aromatic rings. The van der Waals surface area contributed by atoms with Crippen molar-refractivity contribution in [3.8, 4) is 11.3 Å². The van der Waals surface area contributed by atoms with Gasteiger partial charge in [-0.2, -0.15) is 10.1 Å². The number of carbonyl (C=O) groups is 7. The van der Waals surface area contributed by atoms with Crippen molar-refractivity contribution in [2.24, 2.45) is 40.4 Å². The topological polar surface area (TPSA) is 515 Å². The molecule has 0 spiro atoms. The van der Waals surface area contributed by atoms with Crippen LogP contribution in [0, 0.1) is 29.6 Å². The number of Topliss-reactive ketones (excluding diaryl/α,β-unsaturated/α-hetero) is 2. The van der Waals surface area contributed by atoms with Crippen molar-refractivity contribution in [3.63, 3.8) is 0 Å². The second kappa shape index (κ2) is 45.0. The Kier molecular flexibility index (Phi) is 33.0. The number of methoxy groups -OCH3 is 2. The standard InChI is InChI=1S/C95H126N22O17/c1-56-14-10-9-11-15-57(2)76(128-7)46-69-22-17-61(6)95(127,134-69)85(122)89(124)116-27-13-12-16-73(116)90(125)131-77(47-71(108-110-99)58(3)41-60(5)83(120)84(121)82(119)59(4)40-56)70(96)43-62-19-23-75(78(44-62)129-8)133-94(126)104-50-64-48-100-92(101-49-64)114-35-33-112(34-36-114)79(118)26-38-130-39-37-111-29-31-113(32-30-111)93-102-51-68(52-103-93)88(123)115-28-25-65-42-63(18-20-67(65)54-115)53-117-87-80(86(97)105-55-106-87)81(109-117)66-21-24-74-72(45-66)107-91(98)132-74/h9-11,14-15,18,20-21,24,41-42,45,48-49,51-52,55-56,58-59,61-62,69-71,73,75-78,83-84,120-121,127H,12-13,16-17,19,22-23,25-40,43-44,46-47,50,53-54,96H2,1-8H3,(H2,98,107)(H,104,126)(H2,97,105,106)/b11-9?,14-10+,57-15?,60-41+/t56-,58-,59-,61-,62+,69+,70-,71?,73+,75-,76+,77+,78-,83-,84+,95-/m1/s1. The van der Waals surface area contributed by atoms with Gasteiger partial charge in [-0.1, -0.05) is 87.5 Å². The van der Waals surface area contributed by atoms with Crippen LogP contribution >= 0.6 is 0 Å². The normalized spacial score (nSPS) is 27.5. The summed E-state index contributed by atoms with van der Waals surface area (Å²) in [6.07, 6.45) is 15.9. The van der Waals surface area contributed by atoms with Crippen LogP contribution in [0.4, 0.5) is 28.5 Å². The molecule has 10 N–H and O–H groups in total. The third-order valence-corrected chi connectivity index (χ3v) is 27.3. The molecule has 1 aliphatic carbocycles. The second-order valence-corrected chi connectivity index (χ2v) is 36.7. The van der Waals surface area contributed by atoms with Crippen molar-refractivity contribution in [2.45, 2.75) is 218 Å². The molecule has 718 valence electrons. The maximum Gasteiger partial charge on any atom is 0.407 e. The van der Waals surface area contributed by atoms with Gasteiger partial charge in [-0.15, -0.1) is 0 Å². The number of aliphatic hydroxyl groups excluding tert-OH is 2. The van der Waals surface area contributed by atoms with E-state index in [9.17, 15) is 54.4 Å². The van der Waals surface area contributed by atoms with E-state index < -0.39 is 114 Å². The Morgan fingerprint density at radius 2 is 1.50 bits per heavy atom. The fourth-order valence-electron chi connectivity index (χ4n) is 19.3. The number of rotatable bonds is 21. The molecule has 0 radical (unpaired) electrons. The minimum Gasteiger partial charge on any atom is -0.459 e. The lowest BCUT2D eigenvalue weighted by Gasteiger charge is -2.43. The van der Waals surface area contributed by atoms with Gasteiger partial charge < -0.3 is 95.2 Å². The van der Waals surface area contributed by atoms with Crippen LogP contribution in [0.1, 0.15) is 158 Å². The van der Waals surface area contributed by atoms with E-state index in [1.54, 1.807) is 71.7 Å². The SMILES string of the molecule is CO[C@H]1C[C@@H]2CC[C@@H](C)[C@@](O)(O2)C(=O)C(=O)N2CCCC[C@H]2C(=O)O[C@H]([C@H](N)C[C@@H]2CC[C@@H](OC(=O)NCc3cnc(N4CCN(C(=O)CCOCCN5CCN(c6ncc(C(=O)N7CCc8cc(Cn9nc(-c%10ccc%11oc(N)nc%11c%10)c%10c(N)ncnc%109)ccc8C7)cn6)CC5)CC4)nc3)[C@H](OC)C2)CC(N=[N+]=[N-])[C@H](C)/C=C(\C)[C@@H](O)[C@@H](O)C(=O)[C@H](C)C[C@H](C)/C=C/C=CC=C1C. The highest BCUT2D eigenvalue weighted by atomic mass is 16.6. The highest BCUT2D eigenvalue weighted by Gasteiger charge is 2.54. The molecule has 39 nitrogen and oxygen atoms in total. The van der Waals surface area contributed by atoms with Crippen LogP contribution in [0.2, 0.25) is 0 Å². The van der Waals surface area contributed by atoms with Gasteiger partial charge >= 0.3 is 12.1 Å². The van der Waals surface area contributed by atoms with Crippen molar-refractivity contribution in [1.82, 2.24) is 69.6 Å². The lowest BCUT2D eigenvalue weighted by molar-refractivity contribution is -0.265. The largest absolute Gasteiger partial charge is 0.459 e. The second-order valence-electron chi connectivity index (χ2n) is 36.7. The minimum atomic E-state index is -2.52. The molecule has 11 heterocycles. The highest BCUT2D eigenvalue weighted by molar-refractivity contribution is 6.39. The van der Waals surface area contributed by atoms with Gasteiger partial charge in [-0.3, -0.25) is 28.9 Å². The van der Waals surface area contributed by atoms with Crippen molar-refractivity contribution in [3.05, 3.63) is 153 Å². The van der Waals surface area contributed by atoms with Crippen LogP contribution in [-0.2, 0) is 78.4 Å². The molecule has 14 rings (SSSR count). The number of carbonyl (C=O) groups excluding carboxylic acids is 7. The number of piperazine rings is 2. The zero-order chi connectivity index (χ0) is 95.0. The Labute approximate surface area is 778 Å². The lowest BCUT2D eigenvalue weighted by atomic mass is 9.80. The minimum absolute atomic E-state index is 0.00294. The summed E-state index contributed by atoms with van der Waals surface area (Å²) in [5.41, 5.74) is 38.0.